The topological polar surface area (TPSA) is 34.0 Å². The summed E-state index contributed by atoms with van der Waals surface area (Å²) in [5, 5.41) is 1.37. The van der Waals surface area contributed by atoms with Crippen LogP contribution in [0.25, 0.3) is 11.0 Å². The van der Waals surface area contributed by atoms with Crippen LogP contribution in [0, 0.1) is 13.8 Å². The number of aromatic nitrogens is 3. The molecule has 0 saturated carbocycles. The van der Waals surface area contributed by atoms with Gasteiger partial charge < -0.3 is 4.57 Å². The quantitative estimate of drug-likeness (QED) is 0.723. The van der Waals surface area contributed by atoms with Gasteiger partial charge in [0.15, 0.2) is 0 Å². The minimum absolute atomic E-state index is 0.729. The zero-order valence-corrected chi connectivity index (χ0v) is 15.7. The number of hydrogen-bond donors (Lipinski definition) is 0. The molecule has 0 radical (unpaired) electrons. The molecule has 4 heteroatoms. The molecule has 2 aliphatic heterocycles. The predicted molar refractivity (Wildman–Crippen MR) is 104 cm³/mol. The maximum absolute atomic E-state index is 4.83. The van der Waals surface area contributed by atoms with E-state index in [1.165, 1.54) is 59.2 Å². The van der Waals surface area contributed by atoms with Gasteiger partial charge in [-0.05, 0) is 68.5 Å². The number of hydrogen-bond acceptors (Lipinski definition) is 3. The SMILES string of the molecule is Cc1cnc2c(c1)c1c(n2CCc2ccc(C)nc2)CC2CCCN2C1. The molecule has 3 aromatic rings. The average molecular weight is 346 g/mol. The number of pyridine rings is 2. The Bertz CT molecular complexity index is 954. The van der Waals surface area contributed by atoms with Gasteiger partial charge in [0.2, 0.25) is 0 Å². The third-order valence-electron chi connectivity index (χ3n) is 6.14. The van der Waals surface area contributed by atoms with Crippen molar-refractivity contribution in [3.05, 3.63) is 58.7 Å². The Morgan fingerprint density at radius 1 is 1.15 bits per heavy atom. The summed E-state index contributed by atoms with van der Waals surface area (Å²) in [4.78, 5) is 12.0. The van der Waals surface area contributed by atoms with Gasteiger partial charge in [0.1, 0.15) is 5.65 Å². The molecule has 0 spiro atoms. The Balaban J connectivity index is 1.54. The fourth-order valence-corrected chi connectivity index (χ4v) is 4.74. The summed E-state index contributed by atoms with van der Waals surface area (Å²) in [5.74, 6) is 0. The fraction of sp³-hybridized carbons (Fsp3) is 0.455. The summed E-state index contributed by atoms with van der Waals surface area (Å²) in [5.41, 5.74) is 7.86. The summed E-state index contributed by atoms with van der Waals surface area (Å²) in [6, 6.07) is 7.38. The second-order valence-electron chi connectivity index (χ2n) is 7.99. The van der Waals surface area contributed by atoms with Crippen LogP contribution >= 0.6 is 0 Å². The predicted octanol–water partition coefficient (Wildman–Crippen LogP) is 3.81. The highest BCUT2D eigenvalue weighted by Gasteiger charge is 2.33. The summed E-state index contributed by atoms with van der Waals surface area (Å²) < 4.78 is 2.50. The molecule has 0 aliphatic carbocycles. The van der Waals surface area contributed by atoms with E-state index < -0.39 is 0 Å². The van der Waals surface area contributed by atoms with E-state index in [-0.39, 0.29) is 0 Å². The molecular weight excluding hydrogens is 320 g/mol. The molecular formula is C22H26N4. The van der Waals surface area contributed by atoms with E-state index in [4.69, 9.17) is 4.98 Å². The molecule has 1 fully saturated rings. The molecule has 1 saturated heterocycles. The van der Waals surface area contributed by atoms with Crippen LogP contribution in [0.4, 0.5) is 0 Å². The molecule has 3 aromatic heterocycles. The zero-order chi connectivity index (χ0) is 17.7. The lowest BCUT2D eigenvalue weighted by Crippen LogP contribution is -2.35. The van der Waals surface area contributed by atoms with Crippen molar-refractivity contribution >= 4 is 11.0 Å². The maximum Gasteiger partial charge on any atom is 0.140 e. The van der Waals surface area contributed by atoms with Crippen molar-refractivity contribution in [3.63, 3.8) is 0 Å². The fourth-order valence-electron chi connectivity index (χ4n) is 4.74. The first-order valence-corrected chi connectivity index (χ1v) is 9.81. The van der Waals surface area contributed by atoms with Crippen molar-refractivity contribution in [2.45, 2.75) is 58.7 Å². The lowest BCUT2D eigenvalue weighted by molar-refractivity contribution is 0.224. The first kappa shape index (κ1) is 16.0. The van der Waals surface area contributed by atoms with Gasteiger partial charge in [-0.2, -0.15) is 0 Å². The monoisotopic (exact) mass is 346 g/mol. The van der Waals surface area contributed by atoms with Crippen molar-refractivity contribution in [3.8, 4) is 0 Å². The highest BCUT2D eigenvalue weighted by atomic mass is 15.2. The number of aryl methyl sites for hydroxylation is 4. The molecule has 1 atom stereocenters. The highest BCUT2D eigenvalue weighted by Crippen LogP contribution is 2.36. The Hall–Kier alpha value is -2.20. The lowest BCUT2D eigenvalue weighted by Gasteiger charge is -2.30. The van der Waals surface area contributed by atoms with Crippen molar-refractivity contribution in [1.82, 2.24) is 19.4 Å². The van der Waals surface area contributed by atoms with E-state index >= 15 is 0 Å². The number of fused-ring (bicyclic) bond motifs is 4. The van der Waals surface area contributed by atoms with E-state index in [1.807, 2.05) is 19.3 Å². The number of rotatable bonds is 3. The molecule has 2 aliphatic rings. The molecule has 1 unspecified atom stereocenters. The van der Waals surface area contributed by atoms with Crippen LogP contribution in [0.3, 0.4) is 0 Å². The summed E-state index contributed by atoms with van der Waals surface area (Å²) in [6.45, 7) is 7.53. The van der Waals surface area contributed by atoms with Crippen molar-refractivity contribution < 1.29 is 0 Å². The Morgan fingerprint density at radius 3 is 2.92 bits per heavy atom. The van der Waals surface area contributed by atoms with E-state index in [2.05, 4.69) is 39.6 Å². The third-order valence-corrected chi connectivity index (χ3v) is 6.14. The minimum Gasteiger partial charge on any atom is -0.329 e. The highest BCUT2D eigenvalue weighted by molar-refractivity contribution is 5.83. The molecule has 0 aromatic carbocycles. The molecule has 0 N–H and O–H groups in total. The van der Waals surface area contributed by atoms with E-state index in [0.29, 0.717) is 0 Å². The smallest absolute Gasteiger partial charge is 0.140 e. The molecule has 5 heterocycles. The van der Waals surface area contributed by atoms with Gasteiger partial charge in [0.25, 0.3) is 0 Å². The Labute approximate surface area is 154 Å². The zero-order valence-electron chi connectivity index (χ0n) is 15.7. The van der Waals surface area contributed by atoms with Crippen LogP contribution in [-0.4, -0.2) is 32.0 Å². The molecule has 0 bridgehead atoms. The number of nitrogens with zero attached hydrogens (tertiary/aromatic N) is 4. The molecule has 26 heavy (non-hydrogen) atoms. The van der Waals surface area contributed by atoms with Crippen LogP contribution in [0.5, 0.6) is 0 Å². The van der Waals surface area contributed by atoms with Gasteiger partial charge in [-0.25, -0.2) is 4.98 Å². The Morgan fingerprint density at radius 2 is 2.08 bits per heavy atom. The van der Waals surface area contributed by atoms with E-state index in [0.717, 1.165) is 31.2 Å². The van der Waals surface area contributed by atoms with Crippen LogP contribution in [0.1, 0.15) is 40.9 Å². The van der Waals surface area contributed by atoms with Crippen molar-refractivity contribution in [2.75, 3.05) is 6.54 Å². The first-order valence-electron chi connectivity index (χ1n) is 9.81. The van der Waals surface area contributed by atoms with Gasteiger partial charge >= 0.3 is 0 Å². The van der Waals surface area contributed by atoms with Crippen molar-refractivity contribution in [2.24, 2.45) is 0 Å². The van der Waals surface area contributed by atoms with Crippen LogP contribution in [0.15, 0.2) is 30.6 Å². The second-order valence-corrected chi connectivity index (χ2v) is 7.99. The normalized spacial score (nSPS) is 19.7. The molecule has 134 valence electrons. The third kappa shape index (κ3) is 2.64. The lowest BCUT2D eigenvalue weighted by atomic mass is 9.99. The van der Waals surface area contributed by atoms with Crippen LogP contribution in [0.2, 0.25) is 0 Å². The molecule has 5 rings (SSSR count). The minimum atomic E-state index is 0.729. The van der Waals surface area contributed by atoms with Gasteiger partial charge in [-0.15, -0.1) is 0 Å². The van der Waals surface area contributed by atoms with E-state index in [9.17, 15) is 0 Å². The maximum atomic E-state index is 4.83. The first-order chi connectivity index (χ1) is 12.7. The summed E-state index contributed by atoms with van der Waals surface area (Å²) in [7, 11) is 0. The second kappa shape index (κ2) is 6.20. The average Bonchev–Trinajstić information content (AvgIpc) is 3.21. The van der Waals surface area contributed by atoms with Gasteiger partial charge in [0.05, 0.1) is 0 Å². The van der Waals surface area contributed by atoms with Crippen LogP contribution in [-0.2, 0) is 25.9 Å². The molecule has 4 nitrogen and oxygen atoms in total. The van der Waals surface area contributed by atoms with Crippen LogP contribution < -0.4 is 0 Å². The summed E-state index contributed by atoms with van der Waals surface area (Å²) in [6.07, 6.45) is 8.90. The van der Waals surface area contributed by atoms with Gasteiger partial charge in [-0.1, -0.05) is 6.07 Å². The largest absolute Gasteiger partial charge is 0.329 e. The standard InChI is InChI=1S/C22H26N4/c1-15-10-19-20-14-25-8-3-4-18(25)11-21(20)26(22(19)24-12-15)9-7-17-6-5-16(2)23-13-17/h5-6,10,12-13,18H,3-4,7-9,11,14H2,1-2H3. The molecule has 0 amide bonds. The van der Waals surface area contributed by atoms with Gasteiger partial charge in [0, 0.05) is 54.7 Å². The van der Waals surface area contributed by atoms with Gasteiger partial charge in [-0.3, -0.25) is 9.88 Å². The Kier molecular flexibility index (Phi) is 3.82. The summed E-state index contributed by atoms with van der Waals surface area (Å²) >= 11 is 0. The van der Waals surface area contributed by atoms with Crippen molar-refractivity contribution in [1.29, 1.82) is 0 Å². The van der Waals surface area contributed by atoms with E-state index in [1.54, 1.807) is 0 Å².